The van der Waals surface area contributed by atoms with Crippen LogP contribution in [0.3, 0.4) is 0 Å². The molecule has 1 fully saturated rings. The lowest BCUT2D eigenvalue weighted by atomic mass is 9.71. The fraction of sp³-hybridized carbons (Fsp3) is 0.654. The summed E-state index contributed by atoms with van der Waals surface area (Å²) in [7, 11) is -0.280. The Labute approximate surface area is 402 Å². The van der Waals surface area contributed by atoms with Gasteiger partial charge >= 0.3 is 7.05 Å². The Morgan fingerprint density at radius 3 is 1.38 bits per heavy atom. The van der Waals surface area contributed by atoms with Crippen LogP contribution in [0.4, 0.5) is 0 Å². The molecule has 1 saturated heterocycles. The van der Waals surface area contributed by atoms with Crippen molar-refractivity contribution in [3.05, 3.63) is 108 Å². The molecule has 0 saturated carbocycles. The van der Waals surface area contributed by atoms with Crippen LogP contribution in [-0.4, -0.2) is 75.0 Å². The van der Waals surface area contributed by atoms with Crippen LogP contribution in [0, 0.1) is 5.41 Å². The summed E-state index contributed by atoms with van der Waals surface area (Å²) in [5, 5.41) is 31.4. The fourth-order valence-corrected chi connectivity index (χ4v) is 6.20. The van der Waals surface area contributed by atoms with E-state index in [0.29, 0.717) is 5.41 Å². The highest BCUT2D eigenvalue weighted by atomic mass is 32.2. The Balaban J connectivity index is -0.000000147. The van der Waals surface area contributed by atoms with Crippen molar-refractivity contribution in [3.8, 4) is 0 Å². The molecule has 6 aliphatic rings. The SMILES string of the molecule is C1=CCNCC1.C1=CNCCC1.C1=CNCCCC1.C1=CSCCN1.CB(O)N1CCC2(C=CNCC2)CC1.CC.CC.CC.CC.CC.CC.CC.c1ccoc1.c1ccsc1. The molecule has 0 radical (unpaired) electrons. The predicted molar refractivity (Wildman–Crippen MR) is 295 cm³/mol. The standard InChI is InChI=1S/C10H19BN2O.C6H11N.2C5H9N.C4H7NS.C4H4O.C4H4S.7C2H6/c1-11(14)13-8-4-10(5-9-13)2-6-12-7-3-10;1-2-4-6-7-5-3-1;2*1-2-4-6-5-3-1;1-3-6-4-2-5-1;2*1-2-4-5-3-1;7*1-2/h2,6,12,14H,3-5,7-9H2,1H3;3,5,7H,1-2,4,6H2;2,4,6H,1,3,5H2;1-2,6H,3-5H2;1,3,5H,2,4H2;2*1-4H;7*1-2H3. The molecule has 2 aromatic rings. The average Bonchev–Trinajstić information content (AvgIpc) is 4.16. The van der Waals surface area contributed by atoms with E-state index in [1.54, 1.807) is 23.9 Å². The molecule has 370 valence electrons. The van der Waals surface area contributed by atoms with Crippen LogP contribution in [0.1, 0.15) is 155 Å². The van der Waals surface area contributed by atoms with Crippen LogP contribution < -0.4 is 26.6 Å². The van der Waals surface area contributed by atoms with Gasteiger partial charge in [-0.2, -0.15) is 11.3 Å². The van der Waals surface area contributed by atoms with Gasteiger partial charge in [-0.1, -0.05) is 139 Å². The summed E-state index contributed by atoms with van der Waals surface area (Å²) in [6.45, 7) is 38.7. The topological polar surface area (TPSA) is 96.8 Å². The molecule has 0 atom stereocenters. The number of piperidine rings is 1. The van der Waals surface area contributed by atoms with E-state index in [1.807, 2.05) is 169 Å². The van der Waals surface area contributed by atoms with Crippen LogP contribution in [0.15, 0.2) is 113 Å². The number of furan rings is 1. The highest BCUT2D eigenvalue weighted by Gasteiger charge is 2.34. The lowest BCUT2D eigenvalue weighted by Crippen LogP contribution is -2.47. The third kappa shape index (κ3) is 57.2. The Bertz CT molecular complexity index is 971. The van der Waals surface area contributed by atoms with E-state index in [9.17, 15) is 5.02 Å². The number of nitrogens with zero attached hydrogens (tertiary/aromatic N) is 1. The molecule has 0 aliphatic carbocycles. The Morgan fingerprint density at radius 2 is 1.10 bits per heavy atom. The molecule has 0 amide bonds. The maximum Gasteiger partial charge on any atom is 0.376 e. The van der Waals surface area contributed by atoms with Crippen molar-refractivity contribution in [1.82, 2.24) is 31.4 Å². The Kier molecular flexibility index (Phi) is 80.7. The van der Waals surface area contributed by atoms with E-state index >= 15 is 0 Å². The molecule has 6 aliphatic heterocycles. The van der Waals surface area contributed by atoms with Crippen molar-refractivity contribution in [2.45, 2.75) is 162 Å². The van der Waals surface area contributed by atoms with Gasteiger partial charge in [0.05, 0.1) is 12.5 Å². The van der Waals surface area contributed by atoms with Crippen LogP contribution in [0.2, 0.25) is 6.82 Å². The molecule has 0 aromatic carbocycles. The van der Waals surface area contributed by atoms with Gasteiger partial charge in [0.15, 0.2) is 0 Å². The third-order valence-corrected chi connectivity index (χ3v) is 9.56. The first-order valence-corrected chi connectivity index (χ1v) is 27.1. The molecule has 8 rings (SSSR count). The summed E-state index contributed by atoms with van der Waals surface area (Å²) >= 11 is 3.56. The van der Waals surface area contributed by atoms with Crippen molar-refractivity contribution in [1.29, 1.82) is 0 Å². The van der Waals surface area contributed by atoms with Crippen molar-refractivity contribution < 1.29 is 9.44 Å². The van der Waals surface area contributed by atoms with E-state index in [2.05, 4.69) is 77.8 Å². The average molecular weight is 921 g/mol. The summed E-state index contributed by atoms with van der Waals surface area (Å²) < 4.78 is 4.58. The van der Waals surface area contributed by atoms with Gasteiger partial charge in [0.2, 0.25) is 0 Å². The number of thiophene rings is 1. The van der Waals surface area contributed by atoms with Crippen molar-refractivity contribution >= 4 is 30.1 Å². The highest BCUT2D eigenvalue weighted by Crippen LogP contribution is 2.37. The Morgan fingerprint density at radius 1 is 0.556 bits per heavy atom. The van der Waals surface area contributed by atoms with Crippen LogP contribution >= 0.6 is 23.1 Å². The van der Waals surface area contributed by atoms with Crippen molar-refractivity contribution in [2.24, 2.45) is 5.41 Å². The second-order valence-electron chi connectivity index (χ2n) is 12.1. The second-order valence-corrected chi connectivity index (χ2v) is 13.9. The fourth-order valence-electron chi connectivity index (χ4n) is 5.19. The number of thioether (sulfide) groups is 1. The van der Waals surface area contributed by atoms with Gasteiger partial charge < -0.3 is 40.8 Å². The molecule has 8 nitrogen and oxygen atoms in total. The van der Waals surface area contributed by atoms with E-state index in [0.717, 1.165) is 52.4 Å². The molecule has 1 spiro atoms. The van der Waals surface area contributed by atoms with E-state index in [1.165, 1.54) is 63.5 Å². The monoisotopic (exact) mass is 921 g/mol. The molecule has 0 unspecified atom stereocenters. The maximum absolute atomic E-state index is 9.46. The number of hydrogen-bond donors (Lipinski definition) is 6. The first-order chi connectivity index (χ1) is 31.2. The molecule has 8 heterocycles. The maximum atomic E-state index is 9.46. The number of rotatable bonds is 1. The van der Waals surface area contributed by atoms with Gasteiger partial charge in [-0.3, -0.25) is 0 Å². The van der Waals surface area contributed by atoms with Crippen LogP contribution in [0.25, 0.3) is 0 Å². The minimum Gasteiger partial charge on any atom is -0.473 e. The van der Waals surface area contributed by atoms with Gasteiger partial charge in [-0.25, -0.2) is 0 Å². The van der Waals surface area contributed by atoms with Crippen molar-refractivity contribution in [3.63, 3.8) is 0 Å². The summed E-state index contributed by atoms with van der Waals surface area (Å²) in [5.41, 5.74) is 0.427. The smallest absolute Gasteiger partial charge is 0.376 e. The molecular formula is C52H105BN6O2S2. The largest absolute Gasteiger partial charge is 0.473 e. The van der Waals surface area contributed by atoms with Gasteiger partial charge in [-0.05, 0) is 137 Å². The lowest BCUT2D eigenvalue weighted by molar-refractivity contribution is 0.174. The van der Waals surface area contributed by atoms with Crippen LogP contribution in [-0.2, 0) is 0 Å². The Hall–Kier alpha value is -2.83. The van der Waals surface area contributed by atoms with Crippen LogP contribution in [0.5, 0.6) is 0 Å². The van der Waals surface area contributed by atoms with E-state index in [-0.39, 0.29) is 7.05 Å². The molecule has 11 heteroatoms. The molecular weight excluding hydrogens is 816 g/mol. The molecule has 6 N–H and O–H groups in total. The number of allylic oxidation sites excluding steroid dienone is 3. The minimum atomic E-state index is -0.280. The van der Waals surface area contributed by atoms with Crippen molar-refractivity contribution in [2.75, 3.05) is 58.1 Å². The zero-order valence-electron chi connectivity index (χ0n) is 43.8. The zero-order valence-corrected chi connectivity index (χ0v) is 45.4. The normalized spacial score (nSPS) is 15.9. The molecule has 63 heavy (non-hydrogen) atoms. The first-order valence-electron chi connectivity index (χ1n) is 25.1. The van der Waals surface area contributed by atoms with E-state index < -0.39 is 0 Å². The van der Waals surface area contributed by atoms with Gasteiger partial charge in [0.25, 0.3) is 0 Å². The molecule has 2 aromatic heterocycles. The van der Waals surface area contributed by atoms with E-state index in [4.69, 9.17) is 0 Å². The number of hydrogen-bond acceptors (Lipinski definition) is 10. The summed E-state index contributed by atoms with van der Waals surface area (Å²) in [5.74, 6) is 1.22. The summed E-state index contributed by atoms with van der Waals surface area (Å²) in [6, 6.07) is 7.70. The van der Waals surface area contributed by atoms with Gasteiger partial charge in [-0.15, -0.1) is 11.8 Å². The summed E-state index contributed by atoms with van der Waals surface area (Å²) in [6.07, 6.45) is 33.8. The lowest BCUT2D eigenvalue weighted by Gasteiger charge is -2.42. The van der Waals surface area contributed by atoms with Gasteiger partial charge in [0.1, 0.15) is 0 Å². The first kappa shape index (κ1) is 71.8. The highest BCUT2D eigenvalue weighted by molar-refractivity contribution is 8.02. The number of nitrogens with one attached hydrogen (secondary N) is 5. The minimum absolute atomic E-state index is 0.280. The molecule has 0 bridgehead atoms. The third-order valence-electron chi connectivity index (χ3n) is 8.16. The van der Waals surface area contributed by atoms with Gasteiger partial charge in [0, 0.05) is 44.7 Å². The quantitative estimate of drug-likeness (QED) is 0.123. The second kappa shape index (κ2) is 70.8. The summed E-state index contributed by atoms with van der Waals surface area (Å²) in [4.78, 5) is 2.15. The zero-order chi connectivity index (χ0) is 48.8. The predicted octanol–water partition coefficient (Wildman–Crippen LogP) is 14.4.